The second-order valence-electron chi connectivity index (χ2n) is 2.69. The van der Waals surface area contributed by atoms with E-state index in [9.17, 15) is 5.11 Å². The summed E-state index contributed by atoms with van der Waals surface area (Å²) in [7, 11) is 0. The first-order valence-corrected chi connectivity index (χ1v) is 4.10. The van der Waals surface area contributed by atoms with Gasteiger partial charge in [0.25, 0.3) is 0 Å². The minimum absolute atomic E-state index is 0.0280. The number of aliphatic hydroxyl groups is 2. The molecule has 1 aromatic rings. The fraction of sp³-hybridized carbons (Fsp3) is 0.333. The van der Waals surface area contributed by atoms with Gasteiger partial charge in [-0.15, -0.1) is 0 Å². The number of aliphatic hydroxyl groups excluding tert-OH is 2. The highest BCUT2D eigenvalue weighted by atomic mass is 35.5. The first-order valence-electron chi connectivity index (χ1n) is 3.72. The quantitative estimate of drug-likeness (QED) is 0.741. The lowest BCUT2D eigenvalue weighted by molar-refractivity contribution is 0.199. The van der Waals surface area contributed by atoms with E-state index in [1.807, 2.05) is 0 Å². The van der Waals surface area contributed by atoms with Gasteiger partial charge in [0.1, 0.15) is 0 Å². The van der Waals surface area contributed by atoms with Crippen LogP contribution in [-0.4, -0.2) is 10.2 Å². The monoisotopic (exact) mass is 186 g/mol. The van der Waals surface area contributed by atoms with Gasteiger partial charge in [-0.1, -0.05) is 23.7 Å². The topological polar surface area (TPSA) is 40.5 Å². The van der Waals surface area contributed by atoms with E-state index in [4.69, 9.17) is 16.7 Å². The highest BCUT2D eigenvalue weighted by Crippen LogP contribution is 2.23. The second kappa shape index (κ2) is 3.90. The zero-order chi connectivity index (χ0) is 9.14. The fourth-order valence-electron chi connectivity index (χ4n) is 1.01. The Balaban J connectivity index is 3.03. The molecule has 0 aliphatic carbocycles. The molecule has 0 amide bonds. The van der Waals surface area contributed by atoms with Gasteiger partial charge in [-0.25, -0.2) is 0 Å². The lowest BCUT2D eigenvalue weighted by Gasteiger charge is -2.07. The Morgan fingerprint density at radius 3 is 2.58 bits per heavy atom. The van der Waals surface area contributed by atoms with Gasteiger partial charge in [-0.3, -0.25) is 0 Å². The fourth-order valence-corrected chi connectivity index (χ4v) is 1.37. The second-order valence-corrected chi connectivity index (χ2v) is 3.10. The van der Waals surface area contributed by atoms with Gasteiger partial charge in [0.15, 0.2) is 0 Å². The molecule has 0 fully saturated rings. The summed E-state index contributed by atoms with van der Waals surface area (Å²) < 4.78 is 0. The lowest BCUT2D eigenvalue weighted by atomic mass is 10.1. The third-order valence-electron chi connectivity index (χ3n) is 1.70. The Labute approximate surface area is 76.4 Å². The lowest BCUT2D eigenvalue weighted by Crippen LogP contribution is -1.93. The normalized spacial score (nSPS) is 13.0. The van der Waals surface area contributed by atoms with Crippen molar-refractivity contribution in [1.82, 2.24) is 0 Å². The molecule has 2 nitrogen and oxygen atoms in total. The molecule has 0 aromatic heterocycles. The van der Waals surface area contributed by atoms with E-state index < -0.39 is 6.10 Å². The maximum absolute atomic E-state index is 9.22. The maximum atomic E-state index is 9.22. The summed E-state index contributed by atoms with van der Waals surface area (Å²) in [5.74, 6) is 0. The van der Waals surface area contributed by atoms with Crippen LogP contribution in [0.15, 0.2) is 18.2 Å². The molecule has 1 aromatic carbocycles. The molecule has 0 bridgehead atoms. The average Bonchev–Trinajstić information content (AvgIpc) is 2.03. The van der Waals surface area contributed by atoms with Crippen LogP contribution in [0.25, 0.3) is 0 Å². The predicted molar refractivity (Wildman–Crippen MR) is 48.0 cm³/mol. The molecular weight excluding hydrogens is 176 g/mol. The molecule has 0 spiro atoms. The van der Waals surface area contributed by atoms with Gasteiger partial charge in [-0.05, 0) is 24.1 Å². The number of rotatable bonds is 2. The van der Waals surface area contributed by atoms with Gasteiger partial charge in [-0.2, -0.15) is 0 Å². The van der Waals surface area contributed by atoms with Crippen molar-refractivity contribution in [3.05, 3.63) is 34.3 Å². The molecule has 0 aliphatic rings. The molecule has 1 unspecified atom stereocenters. The first kappa shape index (κ1) is 9.52. The van der Waals surface area contributed by atoms with Crippen molar-refractivity contribution < 1.29 is 10.2 Å². The SMILES string of the molecule is CC(O)c1ccc(CO)cc1Cl. The van der Waals surface area contributed by atoms with Crippen molar-refractivity contribution in [3.63, 3.8) is 0 Å². The smallest absolute Gasteiger partial charge is 0.0776 e. The summed E-state index contributed by atoms with van der Waals surface area (Å²) >= 11 is 5.83. The summed E-state index contributed by atoms with van der Waals surface area (Å²) in [6.07, 6.45) is -0.565. The van der Waals surface area contributed by atoms with Crippen LogP contribution in [0.1, 0.15) is 24.2 Å². The third kappa shape index (κ3) is 1.97. The van der Waals surface area contributed by atoms with E-state index in [2.05, 4.69) is 0 Å². The van der Waals surface area contributed by atoms with Crippen LogP contribution in [0.3, 0.4) is 0 Å². The van der Waals surface area contributed by atoms with Crippen molar-refractivity contribution in [3.8, 4) is 0 Å². The van der Waals surface area contributed by atoms with Gasteiger partial charge in [0.05, 0.1) is 12.7 Å². The van der Waals surface area contributed by atoms with E-state index in [1.54, 1.807) is 25.1 Å². The molecule has 0 radical (unpaired) electrons. The predicted octanol–water partition coefficient (Wildman–Crippen LogP) is 1.89. The Bertz CT molecular complexity index is 271. The van der Waals surface area contributed by atoms with Crippen molar-refractivity contribution in [1.29, 1.82) is 0 Å². The van der Waals surface area contributed by atoms with Crippen molar-refractivity contribution >= 4 is 11.6 Å². The van der Waals surface area contributed by atoms with Gasteiger partial charge in [0.2, 0.25) is 0 Å². The summed E-state index contributed by atoms with van der Waals surface area (Å²) in [4.78, 5) is 0. The van der Waals surface area contributed by atoms with E-state index >= 15 is 0 Å². The Hall–Kier alpha value is -0.570. The van der Waals surface area contributed by atoms with Crippen LogP contribution in [0.5, 0.6) is 0 Å². The third-order valence-corrected chi connectivity index (χ3v) is 2.02. The molecule has 0 saturated carbocycles. The van der Waals surface area contributed by atoms with E-state index in [-0.39, 0.29) is 6.61 Å². The molecule has 0 aliphatic heterocycles. The molecule has 0 heterocycles. The minimum Gasteiger partial charge on any atom is -0.392 e. The molecular formula is C9H11ClO2. The number of halogens is 1. The first-order chi connectivity index (χ1) is 5.65. The molecule has 1 rings (SSSR count). The van der Waals surface area contributed by atoms with Crippen molar-refractivity contribution in [2.45, 2.75) is 19.6 Å². The highest BCUT2D eigenvalue weighted by molar-refractivity contribution is 6.31. The van der Waals surface area contributed by atoms with E-state index in [0.29, 0.717) is 10.6 Å². The summed E-state index contributed by atoms with van der Waals surface area (Å²) in [5.41, 5.74) is 1.44. The van der Waals surface area contributed by atoms with Crippen LogP contribution in [0.2, 0.25) is 5.02 Å². The number of hydrogen-bond donors (Lipinski definition) is 2. The Morgan fingerprint density at radius 1 is 1.50 bits per heavy atom. The van der Waals surface area contributed by atoms with E-state index in [0.717, 1.165) is 5.56 Å². The number of benzene rings is 1. The zero-order valence-electron chi connectivity index (χ0n) is 6.79. The highest BCUT2D eigenvalue weighted by Gasteiger charge is 2.05. The molecule has 1 atom stereocenters. The van der Waals surface area contributed by atoms with Crippen molar-refractivity contribution in [2.75, 3.05) is 0 Å². The standard InChI is InChI=1S/C9H11ClO2/c1-6(12)8-3-2-7(5-11)4-9(8)10/h2-4,6,11-12H,5H2,1H3. The van der Waals surface area contributed by atoms with Gasteiger partial charge < -0.3 is 10.2 Å². The van der Waals surface area contributed by atoms with Crippen LogP contribution >= 0.6 is 11.6 Å². The van der Waals surface area contributed by atoms with Gasteiger partial charge in [0, 0.05) is 5.02 Å². The molecule has 66 valence electrons. The minimum atomic E-state index is -0.565. The molecule has 3 heteroatoms. The Kier molecular flexibility index (Phi) is 3.09. The Morgan fingerprint density at radius 2 is 2.17 bits per heavy atom. The summed E-state index contributed by atoms with van der Waals surface area (Å²) in [5, 5.41) is 18.5. The zero-order valence-corrected chi connectivity index (χ0v) is 7.54. The van der Waals surface area contributed by atoms with E-state index in [1.165, 1.54) is 0 Å². The molecule has 2 N–H and O–H groups in total. The van der Waals surface area contributed by atoms with Crippen LogP contribution in [0.4, 0.5) is 0 Å². The molecule has 12 heavy (non-hydrogen) atoms. The average molecular weight is 187 g/mol. The van der Waals surface area contributed by atoms with Crippen LogP contribution in [-0.2, 0) is 6.61 Å². The van der Waals surface area contributed by atoms with Gasteiger partial charge >= 0.3 is 0 Å². The van der Waals surface area contributed by atoms with Crippen LogP contribution in [0, 0.1) is 0 Å². The molecule has 0 saturated heterocycles. The number of hydrogen-bond acceptors (Lipinski definition) is 2. The van der Waals surface area contributed by atoms with Crippen LogP contribution < -0.4 is 0 Å². The summed E-state index contributed by atoms with van der Waals surface area (Å²) in [6, 6.07) is 5.12. The largest absolute Gasteiger partial charge is 0.392 e. The maximum Gasteiger partial charge on any atom is 0.0776 e. The summed E-state index contributed by atoms with van der Waals surface area (Å²) in [6.45, 7) is 1.62. The van der Waals surface area contributed by atoms with Crippen molar-refractivity contribution in [2.24, 2.45) is 0 Å².